The number of piperazine rings is 1. The maximum Gasteiger partial charge on any atom is 0.325 e. The van der Waals surface area contributed by atoms with E-state index >= 15 is 0 Å². The van der Waals surface area contributed by atoms with Gasteiger partial charge in [-0.2, -0.15) is 0 Å². The lowest BCUT2D eigenvalue weighted by Gasteiger charge is -2.38. The summed E-state index contributed by atoms with van der Waals surface area (Å²) < 4.78 is 5.37. The van der Waals surface area contributed by atoms with Crippen molar-refractivity contribution in [3.05, 3.63) is 0 Å². The Morgan fingerprint density at radius 2 is 2.24 bits per heavy atom. The summed E-state index contributed by atoms with van der Waals surface area (Å²) in [5, 5.41) is 13.0. The van der Waals surface area contributed by atoms with Gasteiger partial charge in [-0.05, 0) is 27.2 Å². The zero-order chi connectivity index (χ0) is 13.1. The van der Waals surface area contributed by atoms with Crippen molar-refractivity contribution in [1.82, 2.24) is 10.2 Å². The number of aliphatic hydroxyl groups is 1. The van der Waals surface area contributed by atoms with Crippen molar-refractivity contribution < 1.29 is 14.6 Å². The molecule has 2 N–H and O–H groups in total. The summed E-state index contributed by atoms with van der Waals surface area (Å²) >= 11 is 0. The van der Waals surface area contributed by atoms with Crippen LogP contribution in [0, 0.1) is 0 Å². The molecule has 0 aromatic heterocycles. The van der Waals surface area contributed by atoms with Crippen molar-refractivity contribution in [3.8, 4) is 0 Å². The number of nitrogens with one attached hydrogen (secondary N) is 1. The summed E-state index contributed by atoms with van der Waals surface area (Å²) in [5.74, 6) is -0.266. The quantitative estimate of drug-likeness (QED) is 0.701. The summed E-state index contributed by atoms with van der Waals surface area (Å²) in [5.41, 5.74) is -0.489. The molecule has 0 spiro atoms. The second kappa shape index (κ2) is 5.80. The van der Waals surface area contributed by atoms with Crippen LogP contribution in [0.1, 0.15) is 34.1 Å². The number of esters is 1. The maximum absolute atomic E-state index is 12.0. The lowest BCUT2D eigenvalue weighted by atomic mass is 10.1. The van der Waals surface area contributed by atoms with E-state index in [4.69, 9.17) is 4.74 Å². The summed E-state index contributed by atoms with van der Waals surface area (Å²) in [6, 6.07) is -0.391. The summed E-state index contributed by atoms with van der Waals surface area (Å²) in [6.07, 6.45) is 0.0360. The van der Waals surface area contributed by atoms with Crippen LogP contribution in [0.4, 0.5) is 0 Å². The largest absolute Gasteiger partial charge is 0.459 e. The molecule has 1 heterocycles. The van der Waals surface area contributed by atoms with Gasteiger partial charge in [-0.3, -0.25) is 9.69 Å². The van der Waals surface area contributed by atoms with E-state index in [0.717, 1.165) is 6.54 Å². The molecule has 17 heavy (non-hydrogen) atoms. The molecule has 0 aromatic carbocycles. The molecule has 0 aromatic rings. The van der Waals surface area contributed by atoms with Gasteiger partial charge in [0.2, 0.25) is 0 Å². The Balaban J connectivity index is 2.67. The maximum atomic E-state index is 12.0. The number of nitrogens with zero attached hydrogens (tertiary/aromatic N) is 1. The lowest BCUT2D eigenvalue weighted by Crippen LogP contribution is -2.59. The van der Waals surface area contributed by atoms with Crippen molar-refractivity contribution in [1.29, 1.82) is 0 Å². The molecule has 1 aliphatic rings. The third kappa shape index (κ3) is 4.26. The smallest absolute Gasteiger partial charge is 0.325 e. The summed E-state index contributed by atoms with van der Waals surface area (Å²) in [4.78, 5) is 13.8. The molecule has 2 atom stereocenters. The van der Waals surface area contributed by atoms with Crippen LogP contribution in [0.2, 0.25) is 0 Å². The molecule has 1 aliphatic heterocycles. The van der Waals surface area contributed by atoms with Crippen molar-refractivity contribution in [2.24, 2.45) is 0 Å². The van der Waals surface area contributed by atoms with E-state index in [0.29, 0.717) is 19.5 Å². The van der Waals surface area contributed by atoms with E-state index in [-0.39, 0.29) is 5.97 Å². The van der Waals surface area contributed by atoms with Crippen LogP contribution in [0.15, 0.2) is 0 Å². The van der Waals surface area contributed by atoms with Gasteiger partial charge in [0.05, 0.1) is 0 Å². The fourth-order valence-corrected chi connectivity index (χ4v) is 1.90. The number of ether oxygens (including phenoxy) is 1. The molecule has 0 radical (unpaired) electrons. The fraction of sp³-hybridized carbons (Fsp3) is 0.917. The first-order chi connectivity index (χ1) is 7.85. The topological polar surface area (TPSA) is 61.8 Å². The number of carbonyl (C=O) groups excluding carboxylic acids is 1. The van der Waals surface area contributed by atoms with E-state index in [1.165, 1.54) is 0 Å². The standard InChI is InChI=1S/C12H24N2O3/c1-5-10(15)14-7-6-13-8-9(14)11(16)17-12(2,3)4/h9-10,13,15H,5-8H2,1-4H3. The van der Waals surface area contributed by atoms with Gasteiger partial charge in [0, 0.05) is 19.6 Å². The van der Waals surface area contributed by atoms with E-state index < -0.39 is 17.9 Å². The summed E-state index contributed by atoms with van der Waals surface area (Å²) in [7, 11) is 0. The van der Waals surface area contributed by atoms with Crippen LogP contribution in [0.3, 0.4) is 0 Å². The highest BCUT2D eigenvalue weighted by Crippen LogP contribution is 2.15. The van der Waals surface area contributed by atoms with E-state index in [1.807, 2.05) is 32.6 Å². The second-order valence-electron chi connectivity index (χ2n) is 5.38. The average Bonchev–Trinajstić information content (AvgIpc) is 2.25. The molecule has 2 unspecified atom stereocenters. The molecular formula is C12H24N2O3. The van der Waals surface area contributed by atoms with Crippen LogP contribution in [0.25, 0.3) is 0 Å². The Morgan fingerprint density at radius 1 is 1.59 bits per heavy atom. The van der Waals surface area contributed by atoms with Gasteiger partial charge in [0.25, 0.3) is 0 Å². The minimum atomic E-state index is -0.574. The predicted molar refractivity (Wildman–Crippen MR) is 65.5 cm³/mol. The van der Waals surface area contributed by atoms with Crippen molar-refractivity contribution in [2.45, 2.75) is 52.0 Å². The highest BCUT2D eigenvalue weighted by atomic mass is 16.6. The van der Waals surface area contributed by atoms with Crippen LogP contribution in [-0.4, -0.2) is 53.5 Å². The first-order valence-electron chi connectivity index (χ1n) is 6.22. The van der Waals surface area contributed by atoms with Crippen LogP contribution < -0.4 is 5.32 Å². The number of hydrogen-bond acceptors (Lipinski definition) is 5. The minimum Gasteiger partial charge on any atom is -0.459 e. The van der Waals surface area contributed by atoms with Crippen molar-refractivity contribution >= 4 is 5.97 Å². The number of aliphatic hydroxyl groups excluding tert-OH is 1. The highest BCUT2D eigenvalue weighted by molar-refractivity contribution is 5.76. The Hall–Kier alpha value is -0.650. The lowest BCUT2D eigenvalue weighted by molar-refractivity contribution is -0.167. The first kappa shape index (κ1) is 14.4. The zero-order valence-corrected chi connectivity index (χ0v) is 11.2. The van der Waals surface area contributed by atoms with Gasteiger partial charge < -0.3 is 15.2 Å². The molecule has 1 saturated heterocycles. The van der Waals surface area contributed by atoms with Crippen LogP contribution >= 0.6 is 0 Å². The monoisotopic (exact) mass is 244 g/mol. The predicted octanol–water partition coefficient (Wildman–Crippen LogP) is 0.330. The normalized spacial score (nSPS) is 24.4. The molecular weight excluding hydrogens is 220 g/mol. The Morgan fingerprint density at radius 3 is 2.76 bits per heavy atom. The summed E-state index contributed by atoms with van der Waals surface area (Å²) in [6.45, 7) is 9.44. The number of rotatable bonds is 3. The van der Waals surface area contributed by atoms with E-state index in [9.17, 15) is 9.90 Å². The van der Waals surface area contributed by atoms with Crippen molar-refractivity contribution in [2.75, 3.05) is 19.6 Å². The van der Waals surface area contributed by atoms with Gasteiger partial charge >= 0.3 is 5.97 Å². The Kier molecular flexibility index (Phi) is 4.91. The molecule has 0 bridgehead atoms. The van der Waals surface area contributed by atoms with Gasteiger partial charge in [0.1, 0.15) is 17.9 Å². The number of hydrogen-bond donors (Lipinski definition) is 2. The van der Waals surface area contributed by atoms with Gasteiger partial charge in [0.15, 0.2) is 0 Å². The Bertz CT molecular complexity index is 263. The fourth-order valence-electron chi connectivity index (χ4n) is 1.90. The molecule has 0 amide bonds. The molecule has 5 nitrogen and oxygen atoms in total. The third-order valence-corrected chi connectivity index (χ3v) is 2.71. The van der Waals surface area contributed by atoms with Gasteiger partial charge in [-0.25, -0.2) is 0 Å². The zero-order valence-electron chi connectivity index (χ0n) is 11.2. The van der Waals surface area contributed by atoms with Crippen LogP contribution in [0.5, 0.6) is 0 Å². The first-order valence-corrected chi connectivity index (χ1v) is 6.22. The highest BCUT2D eigenvalue weighted by Gasteiger charge is 2.34. The van der Waals surface area contributed by atoms with Gasteiger partial charge in [-0.15, -0.1) is 0 Å². The third-order valence-electron chi connectivity index (χ3n) is 2.71. The Labute approximate surface area is 103 Å². The molecule has 100 valence electrons. The van der Waals surface area contributed by atoms with E-state index in [1.54, 1.807) is 0 Å². The SMILES string of the molecule is CCC(O)N1CCNCC1C(=O)OC(C)(C)C. The average molecular weight is 244 g/mol. The minimum absolute atomic E-state index is 0.266. The van der Waals surface area contributed by atoms with E-state index in [2.05, 4.69) is 5.32 Å². The van der Waals surface area contributed by atoms with Gasteiger partial charge in [-0.1, -0.05) is 6.92 Å². The van der Waals surface area contributed by atoms with Crippen molar-refractivity contribution in [3.63, 3.8) is 0 Å². The molecule has 0 aliphatic carbocycles. The second-order valence-corrected chi connectivity index (χ2v) is 5.38. The molecule has 1 fully saturated rings. The van der Waals surface area contributed by atoms with Crippen LogP contribution in [-0.2, 0) is 9.53 Å². The molecule has 5 heteroatoms. The number of carbonyl (C=O) groups is 1. The molecule has 0 saturated carbocycles. The molecule has 1 rings (SSSR count).